The highest BCUT2D eigenvalue weighted by Gasteiger charge is 2.12. The molecular formula is C10H12Br2N2O. The first-order valence-corrected chi connectivity index (χ1v) is 6.09. The Bertz CT molecular complexity index is 368. The second-order valence-corrected chi connectivity index (χ2v) is 5.00. The molecule has 0 fully saturated rings. The van der Waals surface area contributed by atoms with Crippen molar-refractivity contribution in [3.05, 3.63) is 32.7 Å². The first-order valence-electron chi connectivity index (χ1n) is 4.50. The molecule has 0 heterocycles. The van der Waals surface area contributed by atoms with Crippen LogP contribution in [0.3, 0.4) is 0 Å². The maximum atomic E-state index is 11.8. The van der Waals surface area contributed by atoms with Crippen LogP contribution < -0.4 is 11.1 Å². The van der Waals surface area contributed by atoms with Crippen molar-refractivity contribution in [3.63, 3.8) is 0 Å². The average molecular weight is 336 g/mol. The fraction of sp³-hybridized carbons (Fsp3) is 0.300. The minimum Gasteiger partial charge on any atom is -0.348 e. The Hall–Kier alpha value is -0.390. The van der Waals surface area contributed by atoms with Crippen molar-refractivity contribution in [1.82, 2.24) is 5.32 Å². The first-order chi connectivity index (χ1) is 7.04. The highest BCUT2D eigenvalue weighted by molar-refractivity contribution is 9.11. The first kappa shape index (κ1) is 12.7. The van der Waals surface area contributed by atoms with Gasteiger partial charge < -0.3 is 11.1 Å². The van der Waals surface area contributed by atoms with Crippen LogP contribution in [-0.2, 0) is 0 Å². The van der Waals surface area contributed by atoms with E-state index in [1.165, 1.54) is 0 Å². The molecule has 1 aromatic rings. The molecular weight excluding hydrogens is 324 g/mol. The summed E-state index contributed by atoms with van der Waals surface area (Å²) < 4.78 is 1.64. The summed E-state index contributed by atoms with van der Waals surface area (Å²) in [6, 6.07) is 5.44. The number of benzene rings is 1. The molecule has 0 aliphatic carbocycles. The Morgan fingerprint density at radius 3 is 2.80 bits per heavy atom. The summed E-state index contributed by atoms with van der Waals surface area (Å²) >= 11 is 6.65. The molecule has 0 spiro atoms. The number of nitrogens with two attached hydrogens (primary N) is 1. The third kappa shape index (κ3) is 3.59. The zero-order valence-corrected chi connectivity index (χ0v) is 11.4. The number of hydrogen-bond acceptors (Lipinski definition) is 2. The molecule has 1 aromatic carbocycles. The molecule has 82 valence electrons. The lowest BCUT2D eigenvalue weighted by molar-refractivity contribution is 0.0940. The lowest BCUT2D eigenvalue weighted by Gasteiger charge is -2.12. The zero-order chi connectivity index (χ0) is 11.4. The highest BCUT2D eigenvalue weighted by Crippen LogP contribution is 2.21. The summed E-state index contributed by atoms with van der Waals surface area (Å²) in [5.41, 5.74) is 6.03. The van der Waals surface area contributed by atoms with Gasteiger partial charge in [0.2, 0.25) is 0 Å². The third-order valence-electron chi connectivity index (χ3n) is 1.90. The SMILES string of the molecule is C[C@H](CN)NC(=O)c1cc(Br)ccc1Br. The van der Waals surface area contributed by atoms with Gasteiger partial charge in [0.15, 0.2) is 0 Å². The molecule has 0 aromatic heterocycles. The summed E-state index contributed by atoms with van der Waals surface area (Å²) in [5.74, 6) is -0.124. The van der Waals surface area contributed by atoms with Crippen molar-refractivity contribution in [1.29, 1.82) is 0 Å². The van der Waals surface area contributed by atoms with E-state index in [0.29, 0.717) is 12.1 Å². The number of amides is 1. The van der Waals surface area contributed by atoms with Gasteiger partial charge in [-0.15, -0.1) is 0 Å². The normalized spacial score (nSPS) is 12.3. The summed E-state index contributed by atoms with van der Waals surface area (Å²) in [4.78, 5) is 11.8. The summed E-state index contributed by atoms with van der Waals surface area (Å²) in [6.07, 6.45) is 0. The van der Waals surface area contributed by atoms with E-state index >= 15 is 0 Å². The Balaban J connectivity index is 2.86. The van der Waals surface area contributed by atoms with E-state index in [4.69, 9.17) is 5.73 Å². The molecule has 0 aliphatic rings. The molecule has 0 bridgehead atoms. The molecule has 15 heavy (non-hydrogen) atoms. The van der Waals surface area contributed by atoms with Gasteiger partial charge in [-0.3, -0.25) is 4.79 Å². The molecule has 5 heteroatoms. The van der Waals surface area contributed by atoms with Gasteiger partial charge in [0.1, 0.15) is 0 Å². The molecule has 0 saturated carbocycles. The standard InChI is InChI=1S/C10H12Br2N2O/c1-6(5-13)14-10(15)8-4-7(11)2-3-9(8)12/h2-4,6H,5,13H2,1H3,(H,14,15)/t6-/m1/s1. The van der Waals surface area contributed by atoms with E-state index in [9.17, 15) is 4.79 Å². The van der Waals surface area contributed by atoms with E-state index in [1.54, 1.807) is 6.07 Å². The maximum absolute atomic E-state index is 11.8. The van der Waals surface area contributed by atoms with Crippen molar-refractivity contribution in [3.8, 4) is 0 Å². The molecule has 3 nitrogen and oxygen atoms in total. The largest absolute Gasteiger partial charge is 0.348 e. The lowest BCUT2D eigenvalue weighted by atomic mass is 10.2. The Morgan fingerprint density at radius 1 is 1.53 bits per heavy atom. The van der Waals surface area contributed by atoms with Gasteiger partial charge in [0.05, 0.1) is 5.56 Å². The van der Waals surface area contributed by atoms with Crippen LogP contribution in [0.2, 0.25) is 0 Å². The van der Waals surface area contributed by atoms with E-state index in [1.807, 2.05) is 19.1 Å². The van der Waals surface area contributed by atoms with Crippen LogP contribution in [0.4, 0.5) is 0 Å². The molecule has 1 amide bonds. The summed E-state index contributed by atoms with van der Waals surface area (Å²) in [6.45, 7) is 2.29. The van der Waals surface area contributed by atoms with Crippen LogP contribution in [-0.4, -0.2) is 18.5 Å². The van der Waals surface area contributed by atoms with Gasteiger partial charge in [-0.05, 0) is 41.1 Å². The quantitative estimate of drug-likeness (QED) is 0.890. The van der Waals surface area contributed by atoms with Crippen molar-refractivity contribution < 1.29 is 4.79 Å². The molecule has 0 aliphatic heterocycles. The Labute approximate surface area is 106 Å². The number of nitrogens with one attached hydrogen (secondary N) is 1. The van der Waals surface area contributed by atoms with Crippen LogP contribution in [0.1, 0.15) is 17.3 Å². The van der Waals surface area contributed by atoms with Crippen LogP contribution in [0, 0.1) is 0 Å². The molecule has 0 saturated heterocycles. The number of carbonyl (C=O) groups is 1. The molecule has 3 N–H and O–H groups in total. The minimum absolute atomic E-state index is 0.0246. The Kier molecular flexibility index (Phi) is 4.76. The van der Waals surface area contributed by atoms with Crippen molar-refractivity contribution in [2.24, 2.45) is 5.73 Å². The molecule has 1 atom stereocenters. The fourth-order valence-corrected chi connectivity index (χ4v) is 1.82. The van der Waals surface area contributed by atoms with E-state index < -0.39 is 0 Å². The number of halogens is 2. The van der Waals surface area contributed by atoms with Gasteiger partial charge in [-0.2, -0.15) is 0 Å². The topological polar surface area (TPSA) is 55.1 Å². The van der Waals surface area contributed by atoms with Gasteiger partial charge in [-0.25, -0.2) is 0 Å². The van der Waals surface area contributed by atoms with Gasteiger partial charge in [-0.1, -0.05) is 15.9 Å². The predicted molar refractivity (Wildman–Crippen MR) is 67.8 cm³/mol. The minimum atomic E-state index is -0.124. The van der Waals surface area contributed by atoms with Crippen LogP contribution >= 0.6 is 31.9 Å². The smallest absolute Gasteiger partial charge is 0.252 e. The number of rotatable bonds is 3. The second kappa shape index (κ2) is 5.63. The van der Waals surface area contributed by atoms with Crippen LogP contribution in [0.15, 0.2) is 27.1 Å². The highest BCUT2D eigenvalue weighted by atomic mass is 79.9. The van der Waals surface area contributed by atoms with Crippen LogP contribution in [0.25, 0.3) is 0 Å². The maximum Gasteiger partial charge on any atom is 0.252 e. The number of hydrogen-bond donors (Lipinski definition) is 2. The number of carbonyl (C=O) groups excluding carboxylic acids is 1. The predicted octanol–water partition coefficient (Wildman–Crippen LogP) is 2.29. The third-order valence-corrected chi connectivity index (χ3v) is 3.09. The van der Waals surface area contributed by atoms with Crippen molar-refractivity contribution in [2.45, 2.75) is 13.0 Å². The van der Waals surface area contributed by atoms with E-state index in [2.05, 4.69) is 37.2 Å². The summed E-state index contributed by atoms with van der Waals surface area (Å²) in [5, 5.41) is 2.80. The van der Waals surface area contributed by atoms with Crippen LogP contribution in [0.5, 0.6) is 0 Å². The van der Waals surface area contributed by atoms with E-state index in [0.717, 1.165) is 8.95 Å². The lowest BCUT2D eigenvalue weighted by Crippen LogP contribution is -2.37. The van der Waals surface area contributed by atoms with Crippen molar-refractivity contribution in [2.75, 3.05) is 6.54 Å². The average Bonchev–Trinajstić information content (AvgIpc) is 2.21. The molecule has 0 radical (unpaired) electrons. The fourth-order valence-electron chi connectivity index (χ4n) is 1.03. The Morgan fingerprint density at radius 2 is 2.20 bits per heavy atom. The molecule has 0 unspecified atom stereocenters. The monoisotopic (exact) mass is 334 g/mol. The van der Waals surface area contributed by atoms with Gasteiger partial charge in [0, 0.05) is 21.5 Å². The van der Waals surface area contributed by atoms with Gasteiger partial charge in [0.25, 0.3) is 5.91 Å². The van der Waals surface area contributed by atoms with E-state index in [-0.39, 0.29) is 11.9 Å². The van der Waals surface area contributed by atoms with Crippen molar-refractivity contribution >= 4 is 37.8 Å². The molecule has 1 rings (SSSR count). The zero-order valence-electron chi connectivity index (χ0n) is 8.26. The van der Waals surface area contributed by atoms with Gasteiger partial charge >= 0.3 is 0 Å². The second-order valence-electron chi connectivity index (χ2n) is 3.23. The summed E-state index contributed by atoms with van der Waals surface area (Å²) in [7, 11) is 0.